The molecule has 2 heterocycles. The van der Waals surface area contributed by atoms with E-state index in [2.05, 4.69) is 22.2 Å². The Labute approximate surface area is 185 Å². The Morgan fingerprint density at radius 2 is 1.94 bits per heavy atom. The van der Waals surface area contributed by atoms with Gasteiger partial charge >= 0.3 is 0 Å². The van der Waals surface area contributed by atoms with E-state index in [9.17, 15) is 14.0 Å². The first kappa shape index (κ1) is 21.4. The third-order valence-corrected chi connectivity index (χ3v) is 5.35. The first-order chi connectivity index (χ1) is 15.4. The summed E-state index contributed by atoms with van der Waals surface area (Å²) in [5, 5.41) is 2.65. The molecule has 1 aliphatic heterocycles. The fraction of sp³-hybridized carbons (Fsp3) is 0.200. The van der Waals surface area contributed by atoms with Crippen molar-refractivity contribution in [1.29, 1.82) is 0 Å². The summed E-state index contributed by atoms with van der Waals surface area (Å²) >= 11 is 0. The van der Waals surface area contributed by atoms with Crippen LogP contribution in [0.5, 0.6) is 0 Å². The number of aryl methyl sites for hydroxylation is 2. The molecule has 1 N–H and O–H groups in total. The Morgan fingerprint density at radius 3 is 2.66 bits per heavy atom. The van der Waals surface area contributed by atoms with Gasteiger partial charge in [-0.25, -0.2) is 14.4 Å². The van der Waals surface area contributed by atoms with Gasteiger partial charge in [0, 0.05) is 11.9 Å². The van der Waals surface area contributed by atoms with Crippen LogP contribution in [-0.4, -0.2) is 29.1 Å². The van der Waals surface area contributed by atoms with Gasteiger partial charge in [0.2, 0.25) is 11.8 Å². The second-order valence-corrected chi connectivity index (χ2v) is 7.62. The molecule has 2 amide bonds. The number of carbonyl (C=O) groups is 2. The SMILES string of the molecule is CCc1ccc(C2=Nc3cccnc3N(CC(=O)Nc3ccc(C)c(F)c3)C(=O)C2)cc1. The van der Waals surface area contributed by atoms with Crippen molar-refractivity contribution in [3.05, 3.63) is 83.3 Å². The molecule has 2 aromatic carbocycles. The van der Waals surface area contributed by atoms with Gasteiger partial charge in [0.1, 0.15) is 18.0 Å². The molecule has 0 saturated heterocycles. The minimum Gasteiger partial charge on any atom is -0.324 e. The minimum absolute atomic E-state index is 0.0360. The van der Waals surface area contributed by atoms with Crippen LogP contribution in [0.15, 0.2) is 65.8 Å². The minimum atomic E-state index is -0.450. The molecule has 0 saturated carbocycles. The highest BCUT2D eigenvalue weighted by atomic mass is 19.1. The van der Waals surface area contributed by atoms with Crippen molar-refractivity contribution in [1.82, 2.24) is 4.98 Å². The van der Waals surface area contributed by atoms with Gasteiger partial charge in [0.25, 0.3) is 0 Å². The first-order valence-electron chi connectivity index (χ1n) is 10.4. The molecule has 1 aliphatic rings. The van der Waals surface area contributed by atoms with Crippen molar-refractivity contribution in [2.24, 2.45) is 4.99 Å². The maximum atomic E-state index is 13.8. The van der Waals surface area contributed by atoms with Crippen molar-refractivity contribution in [2.45, 2.75) is 26.7 Å². The first-order valence-corrected chi connectivity index (χ1v) is 10.4. The van der Waals surface area contributed by atoms with Crippen LogP contribution in [0.25, 0.3) is 0 Å². The molecule has 3 aromatic rings. The molecule has 0 fully saturated rings. The Balaban J connectivity index is 1.59. The van der Waals surface area contributed by atoms with E-state index < -0.39 is 11.7 Å². The largest absolute Gasteiger partial charge is 0.324 e. The lowest BCUT2D eigenvalue weighted by Crippen LogP contribution is -2.39. The summed E-state index contributed by atoms with van der Waals surface area (Å²) in [7, 11) is 0. The van der Waals surface area contributed by atoms with Crippen LogP contribution in [0, 0.1) is 12.7 Å². The van der Waals surface area contributed by atoms with Gasteiger partial charge in [-0.05, 0) is 54.3 Å². The van der Waals surface area contributed by atoms with Crippen molar-refractivity contribution in [2.75, 3.05) is 16.8 Å². The van der Waals surface area contributed by atoms with E-state index in [1.54, 1.807) is 37.4 Å². The maximum Gasteiger partial charge on any atom is 0.244 e. The Hall–Kier alpha value is -3.87. The molecule has 7 heteroatoms. The van der Waals surface area contributed by atoms with Gasteiger partial charge in [0.05, 0.1) is 12.1 Å². The number of nitrogens with zero attached hydrogens (tertiary/aromatic N) is 3. The number of aliphatic imine (C=N–C) groups is 1. The second kappa shape index (κ2) is 9.09. The van der Waals surface area contributed by atoms with Crippen LogP contribution in [-0.2, 0) is 16.0 Å². The van der Waals surface area contributed by atoms with Crippen molar-refractivity contribution in [3.8, 4) is 0 Å². The predicted octanol–water partition coefficient (Wildman–Crippen LogP) is 4.59. The van der Waals surface area contributed by atoms with E-state index in [1.165, 1.54) is 16.5 Å². The van der Waals surface area contributed by atoms with Crippen LogP contribution in [0.1, 0.15) is 30.0 Å². The summed E-state index contributed by atoms with van der Waals surface area (Å²) in [6.07, 6.45) is 2.52. The molecule has 162 valence electrons. The number of aromatic nitrogens is 1. The summed E-state index contributed by atoms with van der Waals surface area (Å²) in [5.41, 5.74) is 4.00. The number of nitrogens with one attached hydrogen (secondary N) is 1. The third-order valence-electron chi connectivity index (χ3n) is 5.35. The lowest BCUT2D eigenvalue weighted by atomic mass is 10.0. The molecule has 0 unspecified atom stereocenters. The zero-order valence-corrected chi connectivity index (χ0v) is 17.9. The number of hydrogen-bond donors (Lipinski definition) is 1. The maximum absolute atomic E-state index is 13.8. The number of rotatable bonds is 5. The second-order valence-electron chi connectivity index (χ2n) is 7.62. The number of anilines is 2. The van der Waals surface area contributed by atoms with Gasteiger partial charge in [0.15, 0.2) is 5.82 Å². The van der Waals surface area contributed by atoms with Crippen molar-refractivity contribution >= 4 is 34.7 Å². The number of amides is 2. The highest BCUT2D eigenvalue weighted by Crippen LogP contribution is 2.31. The molecule has 0 bridgehead atoms. The molecule has 0 radical (unpaired) electrons. The van der Waals surface area contributed by atoms with Gasteiger partial charge in [-0.15, -0.1) is 0 Å². The van der Waals surface area contributed by atoms with Gasteiger partial charge in [-0.3, -0.25) is 14.5 Å². The number of pyridine rings is 1. The molecule has 32 heavy (non-hydrogen) atoms. The van der Waals surface area contributed by atoms with Crippen LogP contribution >= 0.6 is 0 Å². The summed E-state index contributed by atoms with van der Waals surface area (Å²) in [6.45, 7) is 3.47. The smallest absolute Gasteiger partial charge is 0.244 e. The number of carbonyl (C=O) groups excluding carboxylic acids is 2. The lowest BCUT2D eigenvalue weighted by Gasteiger charge is -2.20. The van der Waals surface area contributed by atoms with Crippen LogP contribution in [0.2, 0.25) is 0 Å². The zero-order chi connectivity index (χ0) is 22.7. The topological polar surface area (TPSA) is 74.7 Å². The zero-order valence-electron chi connectivity index (χ0n) is 17.9. The number of fused-ring (bicyclic) bond motifs is 1. The number of hydrogen-bond acceptors (Lipinski definition) is 4. The fourth-order valence-corrected chi connectivity index (χ4v) is 3.50. The lowest BCUT2D eigenvalue weighted by molar-refractivity contribution is -0.120. The van der Waals surface area contributed by atoms with Gasteiger partial charge in [-0.2, -0.15) is 0 Å². The number of benzene rings is 2. The Kier molecular flexibility index (Phi) is 6.07. The average molecular weight is 430 g/mol. The summed E-state index contributed by atoms with van der Waals surface area (Å²) in [5.74, 6) is -0.823. The monoisotopic (exact) mass is 430 g/mol. The molecule has 1 aromatic heterocycles. The normalized spacial score (nSPS) is 13.3. The van der Waals surface area contributed by atoms with E-state index in [0.29, 0.717) is 28.5 Å². The van der Waals surface area contributed by atoms with E-state index in [4.69, 9.17) is 0 Å². The molecular weight excluding hydrogens is 407 g/mol. The van der Waals surface area contributed by atoms with Crippen LogP contribution < -0.4 is 10.2 Å². The van der Waals surface area contributed by atoms with Crippen molar-refractivity contribution in [3.63, 3.8) is 0 Å². The fourth-order valence-electron chi connectivity index (χ4n) is 3.50. The molecule has 0 atom stereocenters. The average Bonchev–Trinajstić information content (AvgIpc) is 2.93. The van der Waals surface area contributed by atoms with E-state index >= 15 is 0 Å². The number of halogens is 1. The van der Waals surface area contributed by atoms with Crippen LogP contribution in [0.4, 0.5) is 21.6 Å². The third kappa shape index (κ3) is 4.56. The molecule has 4 rings (SSSR count). The molecule has 0 spiro atoms. The standard InChI is InChI=1S/C25H23FN4O2/c1-3-17-7-9-18(10-8-17)22-14-24(32)30(25-21(29-22)5-4-12-27-25)15-23(31)28-19-11-6-16(2)20(26)13-19/h4-13H,3,14-15H2,1-2H3,(H,28,31). The Morgan fingerprint density at radius 1 is 1.16 bits per heavy atom. The summed E-state index contributed by atoms with van der Waals surface area (Å²) in [4.78, 5) is 36.1. The summed E-state index contributed by atoms with van der Waals surface area (Å²) < 4.78 is 13.8. The predicted molar refractivity (Wildman–Crippen MR) is 123 cm³/mol. The molecule has 0 aliphatic carbocycles. The summed E-state index contributed by atoms with van der Waals surface area (Å²) in [6, 6.07) is 15.9. The van der Waals surface area contributed by atoms with E-state index in [-0.39, 0.29) is 18.9 Å². The molecular formula is C25H23FN4O2. The molecule has 6 nitrogen and oxygen atoms in total. The van der Waals surface area contributed by atoms with Crippen molar-refractivity contribution < 1.29 is 14.0 Å². The van der Waals surface area contributed by atoms with E-state index in [0.717, 1.165) is 12.0 Å². The Bertz CT molecular complexity index is 1200. The van der Waals surface area contributed by atoms with E-state index in [1.807, 2.05) is 24.3 Å². The van der Waals surface area contributed by atoms with Gasteiger partial charge in [-0.1, -0.05) is 37.3 Å². The quantitative estimate of drug-likeness (QED) is 0.643. The highest BCUT2D eigenvalue weighted by Gasteiger charge is 2.27. The van der Waals surface area contributed by atoms with Crippen LogP contribution in [0.3, 0.4) is 0 Å². The highest BCUT2D eigenvalue weighted by molar-refractivity contribution is 6.18. The van der Waals surface area contributed by atoms with Gasteiger partial charge < -0.3 is 5.32 Å².